The summed E-state index contributed by atoms with van der Waals surface area (Å²) in [6.45, 7) is 0.438. The maximum absolute atomic E-state index is 11.7. The van der Waals surface area contributed by atoms with Gasteiger partial charge in [-0.05, 0) is 24.3 Å². The molecule has 1 aromatic heterocycles. The maximum Gasteiger partial charge on any atom is 0.341 e. The Labute approximate surface area is 117 Å². The topological polar surface area (TPSA) is 79.4 Å². The van der Waals surface area contributed by atoms with Gasteiger partial charge in [-0.3, -0.25) is 4.68 Å². The summed E-state index contributed by atoms with van der Waals surface area (Å²) in [5, 5.41) is 4.08. The van der Waals surface area contributed by atoms with Gasteiger partial charge in [0.25, 0.3) is 0 Å². The van der Waals surface area contributed by atoms with Gasteiger partial charge in [0, 0.05) is 31.0 Å². The smallest absolute Gasteiger partial charge is 0.341 e. The standard InChI is InChI=1S/C14H17N3O3/c1-17-11(5-7-16-17)6-8-20-13-4-3-10(15)9-12(13)14(18)19-2/h3-5,7,9H,6,8,15H2,1-2H3. The minimum atomic E-state index is -0.465. The fraction of sp³-hybridized carbons (Fsp3) is 0.286. The van der Waals surface area contributed by atoms with Gasteiger partial charge in [0.05, 0.1) is 13.7 Å². The SMILES string of the molecule is COC(=O)c1cc(N)ccc1OCCc1ccnn1C. The third-order valence-corrected chi connectivity index (χ3v) is 2.95. The van der Waals surface area contributed by atoms with Gasteiger partial charge in [0.1, 0.15) is 11.3 Å². The molecule has 0 saturated heterocycles. The normalized spacial score (nSPS) is 10.3. The van der Waals surface area contributed by atoms with Crippen LogP contribution in [0.4, 0.5) is 5.69 Å². The van der Waals surface area contributed by atoms with Crippen LogP contribution >= 0.6 is 0 Å². The Morgan fingerprint density at radius 2 is 2.20 bits per heavy atom. The third kappa shape index (κ3) is 3.09. The first-order chi connectivity index (χ1) is 9.61. The molecule has 2 aromatic rings. The minimum absolute atomic E-state index is 0.331. The van der Waals surface area contributed by atoms with Crippen LogP contribution in [0, 0.1) is 0 Å². The van der Waals surface area contributed by atoms with E-state index in [0.717, 1.165) is 5.69 Å². The number of esters is 1. The molecule has 20 heavy (non-hydrogen) atoms. The van der Waals surface area contributed by atoms with Crippen molar-refractivity contribution in [2.24, 2.45) is 7.05 Å². The molecular formula is C14H17N3O3. The van der Waals surface area contributed by atoms with Crippen LogP contribution in [-0.4, -0.2) is 29.5 Å². The van der Waals surface area contributed by atoms with Crippen molar-refractivity contribution in [1.29, 1.82) is 0 Å². The number of aryl methyl sites for hydroxylation is 1. The Morgan fingerprint density at radius 3 is 2.85 bits per heavy atom. The fourth-order valence-corrected chi connectivity index (χ4v) is 1.86. The molecule has 0 unspecified atom stereocenters. The predicted molar refractivity (Wildman–Crippen MR) is 74.6 cm³/mol. The molecule has 0 aliphatic heterocycles. The number of hydrogen-bond acceptors (Lipinski definition) is 5. The van der Waals surface area contributed by atoms with Crippen LogP contribution in [0.3, 0.4) is 0 Å². The molecule has 0 aliphatic carbocycles. The lowest BCUT2D eigenvalue weighted by Gasteiger charge is -2.11. The summed E-state index contributed by atoms with van der Waals surface area (Å²) in [5.41, 5.74) is 7.55. The number of carbonyl (C=O) groups excluding carboxylic acids is 1. The van der Waals surface area contributed by atoms with E-state index in [1.54, 1.807) is 29.1 Å². The van der Waals surface area contributed by atoms with Gasteiger partial charge < -0.3 is 15.2 Å². The molecule has 0 amide bonds. The molecular weight excluding hydrogens is 258 g/mol. The van der Waals surface area contributed by atoms with Gasteiger partial charge in [-0.15, -0.1) is 0 Å². The Balaban J connectivity index is 2.05. The van der Waals surface area contributed by atoms with E-state index < -0.39 is 5.97 Å². The summed E-state index contributed by atoms with van der Waals surface area (Å²) in [6.07, 6.45) is 2.43. The molecule has 2 N–H and O–H groups in total. The van der Waals surface area contributed by atoms with E-state index in [1.807, 2.05) is 13.1 Å². The van der Waals surface area contributed by atoms with Gasteiger partial charge in [-0.25, -0.2) is 4.79 Å². The highest BCUT2D eigenvalue weighted by Gasteiger charge is 2.13. The first-order valence-corrected chi connectivity index (χ1v) is 6.19. The molecule has 0 radical (unpaired) electrons. The zero-order valence-electron chi connectivity index (χ0n) is 11.5. The lowest BCUT2D eigenvalue weighted by molar-refractivity contribution is 0.0596. The number of ether oxygens (including phenoxy) is 2. The van der Waals surface area contributed by atoms with E-state index in [9.17, 15) is 4.79 Å². The molecule has 6 heteroatoms. The second kappa shape index (κ2) is 6.10. The molecule has 0 atom stereocenters. The monoisotopic (exact) mass is 275 g/mol. The molecule has 1 aromatic carbocycles. The van der Waals surface area contributed by atoms with Crippen molar-refractivity contribution in [2.45, 2.75) is 6.42 Å². The number of anilines is 1. The van der Waals surface area contributed by atoms with E-state index in [4.69, 9.17) is 15.2 Å². The van der Waals surface area contributed by atoms with E-state index in [-0.39, 0.29) is 0 Å². The average Bonchev–Trinajstić information content (AvgIpc) is 2.85. The fourth-order valence-electron chi connectivity index (χ4n) is 1.86. The van der Waals surface area contributed by atoms with Crippen LogP contribution in [0.15, 0.2) is 30.5 Å². The van der Waals surface area contributed by atoms with Crippen molar-refractivity contribution in [3.8, 4) is 5.75 Å². The van der Waals surface area contributed by atoms with Gasteiger partial charge >= 0.3 is 5.97 Å². The van der Waals surface area contributed by atoms with Crippen molar-refractivity contribution < 1.29 is 14.3 Å². The van der Waals surface area contributed by atoms with Crippen molar-refractivity contribution in [3.05, 3.63) is 41.7 Å². The minimum Gasteiger partial charge on any atom is -0.492 e. The van der Waals surface area contributed by atoms with Gasteiger partial charge in [0.15, 0.2) is 0 Å². The van der Waals surface area contributed by atoms with Crippen LogP contribution in [0.2, 0.25) is 0 Å². The lowest BCUT2D eigenvalue weighted by Crippen LogP contribution is -2.10. The number of benzene rings is 1. The number of carbonyl (C=O) groups is 1. The summed E-state index contributed by atoms with van der Waals surface area (Å²) in [5.74, 6) is 0.000974. The van der Waals surface area contributed by atoms with Crippen molar-refractivity contribution in [1.82, 2.24) is 9.78 Å². The quantitative estimate of drug-likeness (QED) is 0.659. The van der Waals surface area contributed by atoms with Crippen LogP contribution < -0.4 is 10.5 Å². The first-order valence-electron chi connectivity index (χ1n) is 6.19. The predicted octanol–water partition coefficient (Wildman–Crippen LogP) is 1.41. The average molecular weight is 275 g/mol. The lowest BCUT2D eigenvalue weighted by atomic mass is 10.2. The number of nitrogen functional groups attached to an aromatic ring is 1. The summed E-state index contributed by atoms with van der Waals surface area (Å²) >= 11 is 0. The summed E-state index contributed by atoms with van der Waals surface area (Å²) < 4.78 is 12.1. The molecule has 106 valence electrons. The van der Waals surface area contributed by atoms with Gasteiger partial charge in [-0.1, -0.05) is 0 Å². The summed E-state index contributed by atoms with van der Waals surface area (Å²) in [7, 11) is 3.20. The van der Waals surface area contributed by atoms with Crippen molar-refractivity contribution >= 4 is 11.7 Å². The van der Waals surface area contributed by atoms with Gasteiger partial charge in [0.2, 0.25) is 0 Å². The van der Waals surface area contributed by atoms with Crippen molar-refractivity contribution in [3.63, 3.8) is 0 Å². The zero-order chi connectivity index (χ0) is 14.5. The molecule has 0 saturated carbocycles. The first kappa shape index (κ1) is 13.9. The largest absolute Gasteiger partial charge is 0.492 e. The number of rotatable bonds is 5. The molecule has 2 rings (SSSR count). The second-order valence-electron chi connectivity index (χ2n) is 4.29. The molecule has 6 nitrogen and oxygen atoms in total. The third-order valence-electron chi connectivity index (χ3n) is 2.95. The molecule has 1 heterocycles. The van der Waals surface area contributed by atoms with Crippen LogP contribution in [-0.2, 0) is 18.2 Å². The number of methoxy groups -OCH3 is 1. The maximum atomic E-state index is 11.7. The Hall–Kier alpha value is -2.50. The number of nitrogens with zero attached hydrogens (tertiary/aromatic N) is 2. The Bertz CT molecular complexity index is 607. The van der Waals surface area contributed by atoms with Crippen LogP contribution in [0.25, 0.3) is 0 Å². The van der Waals surface area contributed by atoms with E-state index >= 15 is 0 Å². The molecule has 0 aliphatic rings. The number of hydrogen-bond donors (Lipinski definition) is 1. The Morgan fingerprint density at radius 1 is 1.40 bits per heavy atom. The second-order valence-corrected chi connectivity index (χ2v) is 4.29. The van der Waals surface area contributed by atoms with E-state index in [2.05, 4.69) is 5.10 Å². The highest BCUT2D eigenvalue weighted by molar-refractivity contribution is 5.93. The van der Waals surface area contributed by atoms with E-state index in [0.29, 0.717) is 30.0 Å². The molecule has 0 fully saturated rings. The number of aromatic nitrogens is 2. The summed E-state index contributed by atoms with van der Waals surface area (Å²) in [4.78, 5) is 11.7. The highest BCUT2D eigenvalue weighted by Crippen LogP contribution is 2.22. The molecule has 0 bridgehead atoms. The van der Waals surface area contributed by atoms with Crippen LogP contribution in [0.1, 0.15) is 16.1 Å². The number of nitrogens with two attached hydrogens (primary N) is 1. The summed E-state index contributed by atoms with van der Waals surface area (Å²) in [6, 6.07) is 6.83. The van der Waals surface area contributed by atoms with Crippen LogP contribution in [0.5, 0.6) is 5.75 Å². The van der Waals surface area contributed by atoms with E-state index in [1.165, 1.54) is 7.11 Å². The molecule has 0 spiro atoms. The van der Waals surface area contributed by atoms with Crippen molar-refractivity contribution in [2.75, 3.05) is 19.5 Å². The Kier molecular flexibility index (Phi) is 4.24. The highest BCUT2D eigenvalue weighted by atomic mass is 16.5. The zero-order valence-corrected chi connectivity index (χ0v) is 11.5. The van der Waals surface area contributed by atoms with Gasteiger partial charge in [-0.2, -0.15) is 5.10 Å².